The molecule has 1 heterocycles. The highest BCUT2D eigenvalue weighted by Crippen LogP contribution is 2.36. The van der Waals surface area contributed by atoms with Crippen molar-refractivity contribution in [2.75, 3.05) is 13.1 Å². The van der Waals surface area contributed by atoms with Crippen LogP contribution >= 0.6 is 0 Å². The summed E-state index contributed by atoms with van der Waals surface area (Å²) in [5.41, 5.74) is 2.86. The fourth-order valence-electron chi connectivity index (χ4n) is 2.06. The standard InChI is InChI=1S/C13H21NO2/c1-13(2,3)16-12(15)14-8-6-11(7-9-14)10-4-5-10/h4-9H2,1-3H3. The minimum absolute atomic E-state index is 0.160. The second-order valence-corrected chi connectivity index (χ2v) is 5.67. The summed E-state index contributed by atoms with van der Waals surface area (Å²) in [6.07, 6.45) is 4.53. The molecule has 0 radical (unpaired) electrons. The lowest BCUT2D eigenvalue weighted by molar-refractivity contribution is 0.0236. The van der Waals surface area contributed by atoms with Gasteiger partial charge >= 0.3 is 6.09 Å². The number of piperidine rings is 1. The molecule has 2 aliphatic rings. The lowest BCUT2D eigenvalue weighted by Crippen LogP contribution is -2.40. The summed E-state index contributed by atoms with van der Waals surface area (Å²) in [6, 6.07) is 0. The smallest absolute Gasteiger partial charge is 0.410 e. The Morgan fingerprint density at radius 1 is 1.06 bits per heavy atom. The monoisotopic (exact) mass is 223 g/mol. The van der Waals surface area contributed by atoms with Crippen LogP contribution in [0.4, 0.5) is 4.79 Å². The van der Waals surface area contributed by atoms with E-state index in [2.05, 4.69) is 0 Å². The summed E-state index contributed by atoms with van der Waals surface area (Å²) in [4.78, 5) is 13.6. The zero-order valence-corrected chi connectivity index (χ0v) is 10.5. The Hall–Kier alpha value is -0.990. The maximum absolute atomic E-state index is 11.8. The minimum atomic E-state index is -0.383. The van der Waals surface area contributed by atoms with Crippen LogP contribution in [0.2, 0.25) is 0 Å². The van der Waals surface area contributed by atoms with Crippen LogP contribution in [-0.4, -0.2) is 29.7 Å². The number of hydrogen-bond acceptors (Lipinski definition) is 2. The van der Waals surface area contributed by atoms with Gasteiger partial charge in [0, 0.05) is 13.1 Å². The zero-order chi connectivity index (χ0) is 11.8. The van der Waals surface area contributed by atoms with E-state index in [-0.39, 0.29) is 11.7 Å². The highest BCUT2D eigenvalue weighted by Gasteiger charge is 2.27. The van der Waals surface area contributed by atoms with E-state index < -0.39 is 0 Å². The van der Waals surface area contributed by atoms with E-state index in [9.17, 15) is 4.79 Å². The Kier molecular flexibility index (Phi) is 2.96. The largest absolute Gasteiger partial charge is 0.444 e. The summed E-state index contributed by atoms with van der Waals surface area (Å²) >= 11 is 0. The normalized spacial score (nSPS) is 21.1. The summed E-state index contributed by atoms with van der Waals surface area (Å²) in [6.45, 7) is 7.38. The molecule has 1 saturated heterocycles. The third-order valence-corrected chi connectivity index (χ3v) is 3.02. The average molecular weight is 223 g/mol. The summed E-state index contributed by atoms with van der Waals surface area (Å²) in [5.74, 6) is 0. The van der Waals surface area contributed by atoms with Gasteiger partial charge in [-0.2, -0.15) is 0 Å². The minimum Gasteiger partial charge on any atom is -0.444 e. The van der Waals surface area contributed by atoms with Crippen LogP contribution < -0.4 is 0 Å². The van der Waals surface area contributed by atoms with E-state index >= 15 is 0 Å². The van der Waals surface area contributed by atoms with Crippen LogP contribution in [0.15, 0.2) is 11.1 Å². The number of likely N-dealkylation sites (tertiary alicyclic amines) is 1. The van der Waals surface area contributed by atoms with Crippen molar-refractivity contribution in [3.8, 4) is 0 Å². The van der Waals surface area contributed by atoms with E-state index in [1.807, 2.05) is 25.7 Å². The fraction of sp³-hybridized carbons (Fsp3) is 0.769. The first-order valence-corrected chi connectivity index (χ1v) is 6.13. The van der Waals surface area contributed by atoms with Crippen LogP contribution in [0.1, 0.15) is 46.5 Å². The first-order valence-electron chi connectivity index (χ1n) is 6.13. The number of amides is 1. The van der Waals surface area contributed by atoms with E-state index in [1.165, 1.54) is 12.8 Å². The van der Waals surface area contributed by atoms with Crippen molar-refractivity contribution in [2.24, 2.45) is 0 Å². The third-order valence-electron chi connectivity index (χ3n) is 3.02. The Labute approximate surface area is 97.5 Å². The zero-order valence-electron chi connectivity index (χ0n) is 10.5. The van der Waals surface area contributed by atoms with Crippen LogP contribution in [0, 0.1) is 0 Å². The molecule has 0 unspecified atom stereocenters. The molecule has 0 aromatic heterocycles. The molecule has 0 atom stereocenters. The molecule has 90 valence electrons. The van der Waals surface area contributed by atoms with Gasteiger partial charge in [-0.15, -0.1) is 0 Å². The summed E-state index contributed by atoms with van der Waals surface area (Å²) in [7, 11) is 0. The van der Waals surface area contributed by atoms with Crippen molar-refractivity contribution in [3.05, 3.63) is 11.1 Å². The van der Waals surface area contributed by atoms with Gasteiger partial charge in [0.05, 0.1) is 0 Å². The maximum Gasteiger partial charge on any atom is 0.410 e. The lowest BCUT2D eigenvalue weighted by Gasteiger charge is -2.31. The topological polar surface area (TPSA) is 29.5 Å². The van der Waals surface area contributed by atoms with Crippen LogP contribution in [0.25, 0.3) is 0 Å². The number of hydrogen-bond donors (Lipinski definition) is 0. The van der Waals surface area contributed by atoms with E-state index in [0.29, 0.717) is 0 Å². The van der Waals surface area contributed by atoms with Crippen molar-refractivity contribution in [2.45, 2.75) is 52.1 Å². The molecule has 3 heteroatoms. The molecule has 0 spiro atoms. The van der Waals surface area contributed by atoms with E-state index in [0.717, 1.165) is 25.9 Å². The van der Waals surface area contributed by atoms with Gasteiger partial charge in [-0.25, -0.2) is 4.79 Å². The molecule has 1 saturated carbocycles. The number of rotatable bonds is 0. The highest BCUT2D eigenvalue weighted by molar-refractivity contribution is 5.68. The van der Waals surface area contributed by atoms with Gasteiger partial charge in [-0.05, 0) is 46.5 Å². The van der Waals surface area contributed by atoms with Gasteiger partial charge in [-0.3, -0.25) is 0 Å². The molecular formula is C13H21NO2. The van der Waals surface area contributed by atoms with Gasteiger partial charge < -0.3 is 9.64 Å². The van der Waals surface area contributed by atoms with Gasteiger partial charge in [0.15, 0.2) is 0 Å². The number of nitrogens with zero attached hydrogens (tertiary/aromatic N) is 1. The van der Waals surface area contributed by atoms with Crippen molar-refractivity contribution in [1.82, 2.24) is 4.90 Å². The molecule has 16 heavy (non-hydrogen) atoms. The number of allylic oxidation sites excluding steroid dienone is 1. The van der Waals surface area contributed by atoms with Gasteiger partial charge in [0.1, 0.15) is 5.60 Å². The molecule has 3 nitrogen and oxygen atoms in total. The fourth-order valence-corrected chi connectivity index (χ4v) is 2.06. The average Bonchev–Trinajstić information content (AvgIpc) is 2.98. The molecule has 0 aromatic rings. The molecule has 1 aliphatic heterocycles. The first kappa shape index (κ1) is 11.5. The number of carbonyl (C=O) groups excluding carboxylic acids is 1. The Morgan fingerprint density at radius 2 is 1.56 bits per heavy atom. The quantitative estimate of drug-likeness (QED) is 0.590. The molecule has 0 aromatic carbocycles. The number of carbonyl (C=O) groups is 1. The van der Waals surface area contributed by atoms with Crippen molar-refractivity contribution >= 4 is 6.09 Å². The van der Waals surface area contributed by atoms with Crippen LogP contribution in [0.5, 0.6) is 0 Å². The van der Waals surface area contributed by atoms with Crippen LogP contribution in [0.3, 0.4) is 0 Å². The maximum atomic E-state index is 11.8. The predicted molar refractivity (Wildman–Crippen MR) is 63.3 cm³/mol. The Bertz CT molecular complexity index is 309. The SMILES string of the molecule is CC(C)(C)OC(=O)N1CCC(=C2CC2)CC1. The van der Waals surface area contributed by atoms with Crippen molar-refractivity contribution in [3.63, 3.8) is 0 Å². The molecule has 0 bridgehead atoms. The molecule has 1 aliphatic carbocycles. The van der Waals surface area contributed by atoms with Gasteiger partial charge in [0.2, 0.25) is 0 Å². The predicted octanol–water partition coefficient (Wildman–Crippen LogP) is 3.11. The molecule has 0 N–H and O–H groups in total. The first-order chi connectivity index (χ1) is 7.46. The van der Waals surface area contributed by atoms with Crippen molar-refractivity contribution in [1.29, 1.82) is 0 Å². The lowest BCUT2D eigenvalue weighted by atomic mass is 10.0. The molecule has 2 fully saturated rings. The highest BCUT2D eigenvalue weighted by atomic mass is 16.6. The molecular weight excluding hydrogens is 202 g/mol. The van der Waals surface area contributed by atoms with Crippen molar-refractivity contribution < 1.29 is 9.53 Å². The summed E-state index contributed by atoms with van der Waals surface area (Å²) < 4.78 is 5.36. The summed E-state index contributed by atoms with van der Waals surface area (Å²) in [5, 5.41) is 0. The Morgan fingerprint density at radius 3 is 2.00 bits per heavy atom. The Balaban J connectivity index is 1.84. The van der Waals surface area contributed by atoms with Gasteiger partial charge in [-0.1, -0.05) is 11.1 Å². The number of ether oxygens (including phenoxy) is 1. The van der Waals surface area contributed by atoms with Crippen LogP contribution in [-0.2, 0) is 4.74 Å². The third kappa shape index (κ3) is 3.00. The van der Waals surface area contributed by atoms with Gasteiger partial charge in [0.25, 0.3) is 0 Å². The molecule has 1 amide bonds. The van der Waals surface area contributed by atoms with E-state index in [1.54, 1.807) is 11.1 Å². The van der Waals surface area contributed by atoms with E-state index in [4.69, 9.17) is 4.74 Å². The molecule has 2 rings (SSSR count). The second-order valence-electron chi connectivity index (χ2n) is 5.67. The second kappa shape index (κ2) is 4.11.